The Morgan fingerprint density at radius 3 is 3.00 bits per heavy atom. The average Bonchev–Trinajstić information content (AvgIpc) is 2.50. The van der Waals surface area contributed by atoms with E-state index in [4.69, 9.17) is 5.21 Å². The number of benzene rings is 1. The SMILES string of the molecule is O/N=C/c1c[nH]c2ccccc12. The molecule has 1 aromatic heterocycles. The molecule has 0 spiro atoms. The fraction of sp³-hybridized carbons (Fsp3) is 0. The lowest BCUT2D eigenvalue weighted by atomic mass is 10.2. The summed E-state index contributed by atoms with van der Waals surface area (Å²) in [6, 6.07) is 7.86. The molecule has 0 bridgehead atoms. The number of aromatic amines is 1. The van der Waals surface area contributed by atoms with E-state index in [1.165, 1.54) is 6.21 Å². The standard InChI is InChI=1S/C9H8N2O/c12-11-6-7-5-10-9-4-2-1-3-8(7)9/h1-6,10,12H/b11-6+. The topological polar surface area (TPSA) is 48.4 Å². The van der Waals surface area contributed by atoms with Crippen LogP contribution in [-0.2, 0) is 0 Å². The summed E-state index contributed by atoms with van der Waals surface area (Å²) in [5.74, 6) is 0. The summed E-state index contributed by atoms with van der Waals surface area (Å²) in [6.45, 7) is 0. The largest absolute Gasteiger partial charge is 0.411 e. The lowest BCUT2D eigenvalue weighted by Crippen LogP contribution is -1.75. The van der Waals surface area contributed by atoms with Gasteiger partial charge in [-0.2, -0.15) is 0 Å². The molecule has 0 unspecified atom stereocenters. The first-order valence-electron chi connectivity index (χ1n) is 3.65. The summed E-state index contributed by atoms with van der Waals surface area (Å²) in [6.07, 6.45) is 3.23. The van der Waals surface area contributed by atoms with E-state index in [2.05, 4.69) is 10.1 Å². The van der Waals surface area contributed by atoms with Crippen LogP contribution in [0.1, 0.15) is 5.56 Å². The van der Waals surface area contributed by atoms with E-state index in [0.29, 0.717) is 0 Å². The van der Waals surface area contributed by atoms with Crippen molar-refractivity contribution < 1.29 is 5.21 Å². The predicted molar refractivity (Wildman–Crippen MR) is 47.7 cm³/mol. The highest BCUT2D eigenvalue weighted by atomic mass is 16.4. The monoisotopic (exact) mass is 160 g/mol. The van der Waals surface area contributed by atoms with E-state index < -0.39 is 0 Å². The van der Waals surface area contributed by atoms with Crippen molar-refractivity contribution >= 4 is 17.1 Å². The Hall–Kier alpha value is -1.77. The maximum absolute atomic E-state index is 8.35. The van der Waals surface area contributed by atoms with Gasteiger partial charge in [0.25, 0.3) is 0 Å². The minimum absolute atomic E-state index is 0.896. The Labute approximate surface area is 69.3 Å². The minimum atomic E-state index is 0.896. The molecule has 12 heavy (non-hydrogen) atoms. The van der Waals surface area contributed by atoms with Crippen molar-refractivity contribution in [2.45, 2.75) is 0 Å². The molecule has 0 aliphatic rings. The lowest BCUT2D eigenvalue weighted by molar-refractivity contribution is 0.322. The number of fused-ring (bicyclic) bond motifs is 1. The number of oxime groups is 1. The third-order valence-corrected chi connectivity index (χ3v) is 1.82. The number of hydrogen-bond donors (Lipinski definition) is 2. The number of hydrogen-bond acceptors (Lipinski definition) is 2. The highest BCUT2D eigenvalue weighted by Crippen LogP contribution is 2.15. The Balaban J connectivity index is 2.70. The molecule has 2 aromatic rings. The number of aromatic nitrogens is 1. The van der Waals surface area contributed by atoms with Gasteiger partial charge in [-0.25, -0.2) is 0 Å². The van der Waals surface area contributed by atoms with Gasteiger partial charge in [-0.3, -0.25) is 0 Å². The number of nitrogens with zero attached hydrogens (tertiary/aromatic N) is 1. The number of nitrogens with one attached hydrogen (secondary N) is 1. The van der Waals surface area contributed by atoms with Crippen LogP contribution in [0.25, 0.3) is 10.9 Å². The Morgan fingerprint density at radius 1 is 1.33 bits per heavy atom. The van der Waals surface area contributed by atoms with Gasteiger partial charge in [0, 0.05) is 22.7 Å². The first-order chi connectivity index (χ1) is 5.92. The molecule has 0 atom stereocenters. The van der Waals surface area contributed by atoms with Crippen LogP contribution in [0.4, 0.5) is 0 Å². The van der Waals surface area contributed by atoms with Gasteiger partial charge in [0.05, 0.1) is 6.21 Å². The van der Waals surface area contributed by atoms with Crippen molar-refractivity contribution in [3.05, 3.63) is 36.0 Å². The van der Waals surface area contributed by atoms with E-state index in [9.17, 15) is 0 Å². The van der Waals surface area contributed by atoms with Crippen molar-refractivity contribution in [1.82, 2.24) is 4.98 Å². The van der Waals surface area contributed by atoms with Crippen LogP contribution in [0, 0.1) is 0 Å². The molecule has 3 heteroatoms. The van der Waals surface area contributed by atoms with Crippen LogP contribution in [0.15, 0.2) is 35.6 Å². The third-order valence-electron chi connectivity index (χ3n) is 1.82. The Morgan fingerprint density at radius 2 is 2.17 bits per heavy atom. The Kier molecular flexibility index (Phi) is 1.55. The second kappa shape index (κ2) is 2.70. The van der Waals surface area contributed by atoms with Gasteiger partial charge in [-0.15, -0.1) is 0 Å². The van der Waals surface area contributed by atoms with E-state index in [0.717, 1.165) is 16.5 Å². The molecular weight excluding hydrogens is 152 g/mol. The lowest BCUT2D eigenvalue weighted by Gasteiger charge is -1.87. The molecule has 0 amide bonds. The summed E-state index contributed by atoms with van der Waals surface area (Å²) in [7, 11) is 0. The van der Waals surface area contributed by atoms with Gasteiger partial charge in [-0.1, -0.05) is 23.4 Å². The van der Waals surface area contributed by atoms with Crippen LogP contribution in [-0.4, -0.2) is 16.4 Å². The zero-order valence-corrected chi connectivity index (χ0v) is 6.36. The van der Waals surface area contributed by atoms with Gasteiger partial charge < -0.3 is 10.2 Å². The molecule has 0 aliphatic carbocycles. The summed E-state index contributed by atoms with van der Waals surface area (Å²) in [4.78, 5) is 3.07. The van der Waals surface area contributed by atoms with Gasteiger partial charge in [-0.05, 0) is 6.07 Å². The molecule has 60 valence electrons. The molecule has 1 heterocycles. The molecule has 0 radical (unpaired) electrons. The average molecular weight is 160 g/mol. The zero-order chi connectivity index (χ0) is 8.39. The minimum Gasteiger partial charge on any atom is -0.411 e. The fourth-order valence-electron chi connectivity index (χ4n) is 1.26. The first-order valence-corrected chi connectivity index (χ1v) is 3.65. The highest BCUT2D eigenvalue weighted by Gasteiger charge is 1.98. The van der Waals surface area contributed by atoms with E-state index in [1.807, 2.05) is 30.5 Å². The fourth-order valence-corrected chi connectivity index (χ4v) is 1.26. The van der Waals surface area contributed by atoms with Crippen LogP contribution in [0.3, 0.4) is 0 Å². The smallest absolute Gasteiger partial charge is 0.0755 e. The van der Waals surface area contributed by atoms with Crippen molar-refractivity contribution in [3.63, 3.8) is 0 Å². The summed E-state index contributed by atoms with van der Waals surface area (Å²) in [5.41, 5.74) is 1.94. The van der Waals surface area contributed by atoms with E-state index >= 15 is 0 Å². The normalized spacial score (nSPS) is 11.3. The van der Waals surface area contributed by atoms with Crippen LogP contribution in [0.2, 0.25) is 0 Å². The quantitative estimate of drug-likeness (QED) is 0.374. The summed E-state index contributed by atoms with van der Waals surface area (Å²) in [5, 5.41) is 12.4. The molecule has 2 N–H and O–H groups in total. The number of rotatable bonds is 1. The van der Waals surface area contributed by atoms with Crippen LogP contribution < -0.4 is 0 Å². The maximum Gasteiger partial charge on any atom is 0.0755 e. The second-order valence-corrected chi connectivity index (χ2v) is 2.53. The molecule has 0 saturated carbocycles. The van der Waals surface area contributed by atoms with E-state index in [-0.39, 0.29) is 0 Å². The van der Waals surface area contributed by atoms with Crippen LogP contribution >= 0.6 is 0 Å². The molecule has 2 rings (SSSR count). The molecule has 0 saturated heterocycles. The molecule has 0 fully saturated rings. The maximum atomic E-state index is 8.35. The Bertz CT molecular complexity index is 417. The highest BCUT2D eigenvalue weighted by molar-refractivity contribution is 5.98. The number of H-pyrrole nitrogens is 1. The van der Waals surface area contributed by atoms with E-state index in [1.54, 1.807) is 0 Å². The summed E-state index contributed by atoms with van der Waals surface area (Å²) < 4.78 is 0. The first kappa shape index (κ1) is 6.91. The van der Waals surface area contributed by atoms with Crippen LogP contribution in [0.5, 0.6) is 0 Å². The molecule has 0 aliphatic heterocycles. The third kappa shape index (κ3) is 0.955. The van der Waals surface area contributed by atoms with Gasteiger partial charge in [0.1, 0.15) is 0 Å². The molecular formula is C9H8N2O. The van der Waals surface area contributed by atoms with Gasteiger partial charge in [0.15, 0.2) is 0 Å². The van der Waals surface area contributed by atoms with Crippen molar-refractivity contribution in [1.29, 1.82) is 0 Å². The van der Waals surface area contributed by atoms with Crippen molar-refractivity contribution in [2.24, 2.45) is 5.16 Å². The van der Waals surface area contributed by atoms with Crippen molar-refractivity contribution in [3.8, 4) is 0 Å². The summed E-state index contributed by atoms with van der Waals surface area (Å²) >= 11 is 0. The predicted octanol–water partition coefficient (Wildman–Crippen LogP) is 1.98. The second-order valence-electron chi connectivity index (χ2n) is 2.53. The van der Waals surface area contributed by atoms with Crippen molar-refractivity contribution in [2.75, 3.05) is 0 Å². The molecule has 3 nitrogen and oxygen atoms in total. The van der Waals surface area contributed by atoms with Gasteiger partial charge >= 0.3 is 0 Å². The zero-order valence-electron chi connectivity index (χ0n) is 6.36. The molecule has 1 aromatic carbocycles. The van der Waals surface area contributed by atoms with Gasteiger partial charge in [0.2, 0.25) is 0 Å². The number of para-hydroxylation sites is 1.